The fraction of sp³-hybridized carbons (Fsp3) is 0.571. The van der Waals surface area contributed by atoms with Gasteiger partial charge in [-0.25, -0.2) is 4.39 Å². The molecule has 0 bridgehead atoms. The summed E-state index contributed by atoms with van der Waals surface area (Å²) >= 11 is 0. The highest BCUT2D eigenvalue weighted by molar-refractivity contribution is 5.50. The number of aliphatic hydroxyl groups is 1. The van der Waals surface area contributed by atoms with E-state index in [2.05, 4.69) is 0 Å². The molecule has 1 fully saturated rings. The molecule has 2 rings (SSSR count). The van der Waals surface area contributed by atoms with Crippen LogP contribution in [0.5, 0.6) is 0 Å². The van der Waals surface area contributed by atoms with Gasteiger partial charge in [0, 0.05) is 19.1 Å². The standard InChI is InChI=1S/C14H21FN2O/c1-10(16)11-4-5-13(12(15)8-11)17-7-3-6-14(2,18)9-17/h4-5,8,10,18H,3,6-7,9,16H2,1-2H3. The molecular weight excluding hydrogens is 231 g/mol. The Morgan fingerprint density at radius 1 is 1.50 bits per heavy atom. The lowest BCUT2D eigenvalue weighted by atomic mass is 9.94. The second-order valence-electron chi connectivity index (χ2n) is 5.52. The molecule has 1 aliphatic rings. The van der Waals surface area contributed by atoms with Crippen LogP contribution >= 0.6 is 0 Å². The topological polar surface area (TPSA) is 49.5 Å². The molecule has 100 valence electrons. The molecule has 4 heteroatoms. The summed E-state index contributed by atoms with van der Waals surface area (Å²) in [5.41, 5.74) is 6.35. The molecule has 1 aromatic carbocycles. The van der Waals surface area contributed by atoms with Gasteiger partial charge in [0.2, 0.25) is 0 Å². The monoisotopic (exact) mass is 252 g/mol. The maximum absolute atomic E-state index is 14.1. The minimum Gasteiger partial charge on any atom is -0.388 e. The predicted molar refractivity (Wildman–Crippen MR) is 71.1 cm³/mol. The Balaban J connectivity index is 2.23. The molecule has 2 atom stereocenters. The van der Waals surface area contributed by atoms with Crippen LogP contribution in [0.4, 0.5) is 10.1 Å². The Bertz CT molecular complexity index is 432. The molecule has 0 saturated carbocycles. The molecule has 3 N–H and O–H groups in total. The molecule has 1 aromatic rings. The number of halogens is 1. The van der Waals surface area contributed by atoms with Crippen LogP contribution in [-0.2, 0) is 0 Å². The summed E-state index contributed by atoms with van der Waals surface area (Å²) < 4.78 is 14.1. The first-order valence-corrected chi connectivity index (χ1v) is 6.41. The minimum atomic E-state index is -0.732. The summed E-state index contributed by atoms with van der Waals surface area (Å²) in [5, 5.41) is 10.1. The van der Waals surface area contributed by atoms with E-state index < -0.39 is 5.60 Å². The lowest BCUT2D eigenvalue weighted by Gasteiger charge is -2.38. The van der Waals surface area contributed by atoms with Crippen LogP contribution in [0.25, 0.3) is 0 Å². The number of nitrogens with zero attached hydrogens (tertiary/aromatic N) is 1. The summed E-state index contributed by atoms with van der Waals surface area (Å²) in [6.07, 6.45) is 1.64. The van der Waals surface area contributed by atoms with Gasteiger partial charge in [-0.15, -0.1) is 0 Å². The van der Waals surface area contributed by atoms with Gasteiger partial charge in [0.05, 0.1) is 11.3 Å². The zero-order chi connectivity index (χ0) is 13.3. The number of β-amino-alcohol motifs (C(OH)–C–C–N with tert-alkyl or cyclic N) is 1. The molecule has 1 saturated heterocycles. The molecule has 1 heterocycles. The fourth-order valence-corrected chi connectivity index (χ4v) is 2.49. The van der Waals surface area contributed by atoms with Crippen molar-refractivity contribution >= 4 is 5.69 Å². The molecule has 2 unspecified atom stereocenters. The lowest BCUT2D eigenvalue weighted by Crippen LogP contribution is -2.46. The third-order valence-electron chi connectivity index (χ3n) is 3.51. The van der Waals surface area contributed by atoms with E-state index in [9.17, 15) is 9.50 Å². The maximum Gasteiger partial charge on any atom is 0.146 e. The van der Waals surface area contributed by atoms with Crippen LogP contribution in [0.3, 0.4) is 0 Å². The largest absolute Gasteiger partial charge is 0.388 e. The number of hydrogen-bond donors (Lipinski definition) is 2. The Morgan fingerprint density at radius 3 is 2.78 bits per heavy atom. The Labute approximate surface area is 107 Å². The Kier molecular flexibility index (Phi) is 3.59. The number of piperidine rings is 1. The summed E-state index contributed by atoms with van der Waals surface area (Å²) in [6.45, 7) is 4.89. The van der Waals surface area contributed by atoms with E-state index in [1.165, 1.54) is 6.07 Å². The second kappa shape index (κ2) is 4.86. The lowest BCUT2D eigenvalue weighted by molar-refractivity contribution is 0.0447. The molecule has 0 spiro atoms. The Morgan fingerprint density at radius 2 is 2.22 bits per heavy atom. The van der Waals surface area contributed by atoms with Gasteiger partial charge < -0.3 is 15.7 Å². The highest BCUT2D eigenvalue weighted by Crippen LogP contribution is 2.28. The highest BCUT2D eigenvalue weighted by Gasteiger charge is 2.29. The molecule has 0 aliphatic carbocycles. The zero-order valence-electron chi connectivity index (χ0n) is 11.0. The average molecular weight is 252 g/mol. The van der Waals surface area contributed by atoms with Gasteiger partial charge in [0.1, 0.15) is 5.82 Å². The molecule has 0 aromatic heterocycles. The molecule has 0 amide bonds. The number of rotatable bonds is 2. The van der Waals surface area contributed by atoms with Gasteiger partial charge in [-0.3, -0.25) is 0 Å². The normalized spacial score (nSPS) is 26.2. The second-order valence-corrected chi connectivity index (χ2v) is 5.52. The van der Waals surface area contributed by atoms with Gasteiger partial charge in [0.15, 0.2) is 0 Å². The number of nitrogens with two attached hydrogens (primary N) is 1. The van der Waals surface area contributed by atoms with Crippen LogP contribution in [0.2, 0.25) is 0 Å². The number of benzene rings is 1. The summed E-state index contributed by atoms with van der Waals surface area (Å²) in [6, 6.07) is 4.93. The molecule has 0 radical (unpaired) electrons. The van der Waals surface area contributed by atoms with Gasteiger partial charge >= 0.3 is 0 Å². The van der Waals surface area contributed by atoms with Crippen molar-refractivity contribution < 1.29 is 9.50 Å². The molecular formula is C14H21FN2O. The molecule has 1 aliphatic heterocycles. The van der Waals surface area contributed by atoms with Crippen molar-refractivity contribution in [3.8, 4) is 0 Å². The first kappa shape index (κ1) is 13.3. The first-order valence-electron chi connectivity index (χ1n) is 6.41. The van der Waals surface area contributed by atoms with E-state index in [0.717, 1.165) is 24.9 Å². The minimum absolute atomic E-state index is 0.169. The predicted octanol–water partition coefficient (Wildman–Crippen LogP) is 2.20. The van der Waals surface area contributed by atoms with Crippen LogP contribution in [-0.4, -0.2) is 23.8 Å². The Hall–Kier alpha value is -1.13. The van der Waals surface area contributed by atoms with Gasteiger partial charge in [0.25, 0.3) is 0 Å². The summed E-state index contributed by atoms with van der Waals surface area (Å²) in [7, 11) is 0. The van der Waals surface area contributed by atoms with E-state index in [0.29, 0.717) is 12.2 Å². The fourth-order valence-electron chi connectivity index (χ4n) is 2.49. The third kappa shape index (κ3) is 2.82. The van der Waals surface area contributed by atoms with Crippen LogP contribution in [0, 0.1) is 5.82 Å². The van der Waals surface area contributed by atoms with Crippen molar-refractivity contribution in [2.75, 3.05) is 18.0 Å². The number of hydrogen-bond acceptors (Lipinski definition) is 3. The van der Waals surface area contributed by atoms with Crippen molar-refractivity contribution in [1.29, 1.82) is 0 Å². The molecule has 18 heavy (non-hydrogen) atoms. The van der Waals surface area contributed by atoms with E-state index in [4.69, 9.17) is 5.73 Å². The van der Waals surface area contributed by atoms with Crippen molar-refractivity contribution in [2.45, 2.75) is 38.3 Å². The summed E-state index contributed by atoms with van der Waals surface area (Å²) in [5.74, 6) is -0.262. The third-order valence-corrected chi connectivity index (χ3v) is 3.51. The smallest absolute Gasteiger partial charge is 0.146 e. The van der Waals surface area contributed by atoms with E-state index >= 15 is 0 Å². The van der Waals surface area contributed by atoms with Crippen LogP contribution in [0.1, 0.15) is 38.3 Å². The quantitative estimate of drug-likeness (QED) is 0.848. The van der Waals surface area contributed by atoms with Gasteiger partial charge in [-0.05, 0) is 44.4 Å². The highest BCUT2D eigenvalue weighted by atomic mass is 19.1. The first-order chi connectivity index (χ1) is 8.39. The van der Waals surface area contributed by atoms with Crippen molar-refractivity contribution in [3.63, 3.8) is 0 Å². The van der Waals surface area contributed by atoms with E-state index in [1.807, 2.05) is 17.9 Å². The SMILES string of the molecule is CC(N)c1ccc(N2CCCC(C)(O)C2)c(F)c1. The number of anilines is 1. The average Bonchev–Trinajstić information content (AvgIpc) is 2.27. The zero-order valence-corrected chi connectivity index (χ0v) is 11.0. The summed E-state index contributed by atoms with van der Waals surface area (Å²) in [4.78, 5) is 1.91. The van der Waals surface area contributed by atoms with Crippen molar-refractivity contribution in [2.24, 2.45) is 5.73 Å². The van der Waals surface area contributed by atoms with Gasteiger partial charge in [-0.1, -0.05) is 6.07 Å². The van der Waals surface area contributed by atoms with E-state index in [-0.39, 0.29) is 11.9 Å². The molecule has 3 nitrogen and oxygen atoms in total. The van der Waals surface area contributed by atoms with Crippen molar-refractivity contribution in [1.82, 2.24) is 0 Å². The van der Waals surface area contributed by atoms with E-state index in [1.54, 1.807) is 13.0 Å². The van der Waals surface area contributed by atoms with Crippen LogP contribution in [0.15, 0.2) is 18.2 Å². The van der Waals surface area contributed by atoms with Gasteiger partial charge in [-0.2, -0.15) is 0 Å². The van der Waals surface area contributed by atoms with Crippen LogP contribution < -0.4 is 10.6 Å². The van der Waals surface area contributed by atoms with Crippen molar-refractivity contribution in [3.05, 3.63) is 29.6 Å². The maximum atomic E-state index is 14.1.